The van der Waals surface area contributed by atoms with Gasteiger partial charge in [-0.2, -0.15) is 0 Å². The lowest BCUT2D eigenvalue weighted by molar-refractivity contribution is -0.113. The van der Waals surface area contributed by atoms with Crippen molar-refractivity contribution in [2.75, 3.05) is 16.8 Å². The molecule has 1 aliphatic rings. The molecule has 7 heteroatoms. The number of carbonyl (C=O) groups excluding carboxylic acids is 1. The van der Waals surface area contributed by atoms with E-state index in [9.17, 15) is 9.59 Å². The number of anilines is 2. The first-order chi connectivity index (χ1) is 13.1. The fourth-order valence-corrected chi connectivity index (χ4v) is 3.23. The Kier molecular flexibility index (Phi) is 4.12. The summed E-state index contributed by atoms with van der Waals surface area (Å²) < 4.78 is 1.73. The van der Waals surface area contributed by atoms with Crippen LogP contribution in [0.4, 0.5) is 11.5 Å². The fraction of sp³-hybridized carbons (Fsp3) is 0.150. The molecule has 2 aromatic heterocycles. The maximum atomic E-state index is 12.6. The number of aromatic amines is 1. The zero-order chi connectivity index (χ0) is 19.0. The second-order valence-corrected chi connectivity index (χ2v) is 6.27. The first-order valence-electron chi connectivity index (χ1n) is 8.71. The van der Waals surface area contributed by atoms with Crippen LogP contribution in [0.15, 0.2) is 59.7 Å². The predicted molar refractivity (Wildman–Crippen MR) is 105 cm³/mol. The molecular weight excluding hydrogens is 342 g/mol. The van der Waals surface area contributed by atoms with Crippen LogP contribution < -0.4 is 15.8 Å². The van der Waals surface area contributed by atoms with E-state index in [-0.39, 0.29) is 11.5 Å². The summed E-state index contributed by atoms with van der Waals surface area (Å²) in [5.41, 5.74) is 3.82. The van der Waals surface area contributed by atoms with Crippen molar-refractivity contribution >= 4 is 23.0 Å². The molecule has 4 rings (SSSR count). The summed E-state index contributed by atoms with van der Waals surface area (Å²) in [6, 6.07) is 12.9. The maximum absolute atomic E-state index is 12.6. The van der Waals surface area contributed by atoms with E-state index in [0.717, 1.165) is 22.6 Å². The smallest absolute Gasteiger partial charge is 0.264 e. The third-order valence-electron chi connectivity index (χ3n) is 4.55. The summed E-state index contributed by atoms with van der Waals surface area (Å²) in [4.78, 5) is 30.1. The lowest BCUT2D eigenvalue weighted by Crippen LogP contribution is -2.26. The average molecular weight is 361 g/mol. The highest BCUT2D eigenvalue weighted by Gasteiger charge is 2.32. The summed E-state index contributed by atoms with van der Waals surface area (Å²) >= 11 is 0. The monoisotopic (exact) mass is 361 g/mol. The van der Waals surface area contributed by atoms with Crippen LogP contribution in [0, 0.1) is 6.92 Å². The number of hydrogen-bond donors (Lipinski definition) is 2. The Labute approximate surface area is 155 Å². The second-order valence-electron chi connectivity index (χ2n) is 6.27. The van der Waals surface area contributed by atoms with Crippen molar-refractivity contribution in [3.05, 3.63) is 76.5 Å². The summed E-state index contributed by atoms with van der Waals surface area (Å²) in [6.45, 7) is 4.37. The molecule has 0 saturated carbocycles. The number of aryl methyl sites for hydroxylation is 1. The molecule has 0 saturated heterocycles. The third kappa shape index (κ3) is 2.93. The SMILES string of the molecule is CCN1C(=O)C(=CNc2ccc(-n3[nH]c(=O)cc3C)cc2)c2cccnc21. The maximum Gasteiger partial charge on any atom is 0.264 e. The minimum atomic E-state index is -0.132. The highest BCUT2D eigenvalue weighted by Crippen LogP contribution is 2.34. The number of carbonyl (C=O) groups is 1. The zero-order valence-electron chi connectivity index (χ0n) is 15.1. The Bertz CT molecular complexity index is 1090. The summed E-state index contributed by atoms with van der Waals surface area (Å²) in [6.07, 6.45) is 3.41. The molecule has 7 nitrogen and oxygen atoms in total. The van der Waals surface area contributed by atoms with Crippen LogP contribution in [0.1, 0.15) is 18.2 Å². The minimum Gasteiger partial charge on any atom is -0.361 e. The predicted octanol–water partition coefficient (Wildman–Crippen LogP) is 2.69. The summed E-state index contributed by atoms with van der Waals surface area (Å²) in [5, 5.41) is 5.94. The topological polar surface area (TPSA) is 83.0 Å². The van der Waals surface area contributed by atoms with Gasteiger partial charge in [0.1, 0.15) is 5.82 Å². The van der Waals surface area contributed by atoms with E-state index in [1.807, 2.05) is 50.2 Å². The summed E-state index contributed by atoms with van der Waals surface area (Å²) in [5.74, 6) is 0.635. The number of nitrogens with one attached hydrogen (secondary N) is 2. The molecule has 0 spiro atoms. The molecular formula is C20H19N5O2. The number of likely N-dealkylation sites (N-methyl/N-ethyl adjacent to an activating group) is 1. The number of benzene rings is 1. The fourth-order valence-electron chi connectivity index (χ4n) is 3.23. The second kappa shape index (κ2) is 6.60. The van der Waals surface area contributed by atoms with Gasteiger partial charge in [0, 0.05) is 42.0 Å². The first kappa shape index (κ1) is 16.8. The molecule has 0 radical (unpaired) electrons. The van der Waals surface area contributed by atoms with Crippen LogP contribution in [0.5, 0.6) is 0 Å². The number of amides is 1. The standard InChI is InChI=1S/C20H19N5O2/c1-3-24-19-16(5-4-10-21-19)17(20(24)27)12-22-14-6-8-15(9-7-14)25-13(2)11-18(26)23-25/h4-12,22H,3H2,1-2H3,(H,23,26). The molecule has 0 bridgehead atoms. The van der Waals surface area contributed by atoms with Gasteiger partial charge in [-0.3, -0.25) is 24.3 Å². The van der Waals surface area contributed by atoms with E-state index in [2.05, 4.69) is 15.4 Å². The summed E-state index contributed by atoms with van der Waals surface area (Å²) in [7, 11) is 0. The van der Waals surface area contributed by atoms with Gasteiger partial charge in [-0.25, -0.2) is 4.98 Å². The van der Waals surface area contributed by atoms with Crippen molar-refractivity contribution in [2.45, 2.75) is 13.8 Å². The lowest BCUT2D eigenvalue weighted by atomic mass is 10.1. The molecule has 3 heterocycles. The van der Waals surface area contributed by atoms with Gasteiger partial charge in [-0.05, 0) is 50.2 Å². The Morgan fingerprint density at radius 1 is 1.19 bits per heavy atom. The van der Waals surface area contributed by atoms with Crippen molar-refractivity contribution in [3.63, 3.8) is 0 Å². The van der Waals surface area contributed by atoms with E-state index in [4.69, 9.17) is 0 Å². The quantitative estimate of drug-likeness (QED) is 0.700. The normalized spacial score (nSPS) is 14.7. The van der Waals surface area contributed by atoms with Gasteiger partial charge in [0.15, 0.2) is 0 Å². The number of rotatable bonds is 4. The molecule has 2 N–H and O–H groups in total. The van der Waals surface area contributed by atoms with E-state index in [1.165, 1.54) is 0 Å². The third-order valence-corrected chi connectivity index (χ3v) is 4.55. The van der Waals surface area contributed by atoms with E-state index >= 15 is 0 Å². The highest BCUT2D eigenvalue weighted by molar-refractivity contribution is 6.32. The van der Waals surface area contributed by atoms with Crippen molar-refractivity contribution in [1.29, 1.82) is 0 Å². The molecule has 1 amide bonds. The van der Waals surface area contributed by atoms with Gasteiger partial charge in [-0.1, -0.05) is 0 Å². The molecule has 1 aromatic carbocycles. The van der Waals surface area contributed by atoms with Crippen LogP contribution in [0.25, 0.3) is 11.3 Å². The Morgan fingerprint density at radius 3 is 2.63 bits per heavy atom. The van der Waals surface area contributed by atoms with Gasteiger partial charge < -0.3 is 5.32 Å². The molecule has 0 fully saturated rings. The molecule has 27 heavy (non-hydrogen) atoms. The first-order valence-corrected chi connectivity index (χ1v) is 8.71. The van der Waals surface area contributed by atoms with E-state index in [1.54, 1.807) is 28.0 Å². The van der Waals surface area contributed by atoms with Crippen LogP contribution in [-0.4, -0.2) is 27.2 Å². The highest BCUT2D eigenvalue weighted by atomic mass is 16.2. The van der Waals surface area contributed by atoms with Gasteiger partial charge in [0.25, 0.3) is 11.5 Å². The molecule has 0 unspecified atom stereocenters. The Balaban J connectivity index is 1.59. The number of hydrogen-bond acceptors (Lipinski definition) is 4. The van der Waals surface area contributed by atoms with Crippen LogP contribution in [0.2, 0.25) is 0 Å². The van der Waals surface area contributed by atoms with Gasteiger partial charge >= 0.3 is 0 Å². The Morgan fingerprint density at radius 2 is 1.96 bits per heavy atom. The van der Waals surface area contributed by atoms with Crippen LogP contribution >= 0.6 is 0 Å². The van der Waals surface area contributed by atoms with E-state index in [0.29, 0.717) is 17.9 Å². The number of nitrogens with zero attached hydrogens (tertiary/aromatic N) is 3. The number of pyridine rings is 1. The van der Waals surface area contributed by atoms with Crippen molar-refractivity contribution in [2.24, 2.45) is 0 Å². The van der Waals surface area contributed by atoms with Crippen molar-refractivity contribution in [3.8, 4) is 5.69 Å². The van der Waals surface area contributed by atoms with Crippen molar-refractivity contribution in [1.82, 2.24) is 14.8 Å². The zero-order valence-corrected chi connectivity index (χ0v) is 15.1. The van der Waals surface area contributed by atoms with Gasteiger partial charge in [0.05, 0.1) is 11.3 Å². The molecule has 0 aliphatic carbocycles. The molecule has 0 atom stereocenters. The van der Waals surface area contributed by atoms with Crippen molar-refractivity contribution < 1.29 is 4.79 Å². The largest absolute Gasteiger partial charge is 0.361 e. The Hall–Kier alpha value is -3.61. The molecule has 136 valence electrons. The molecule has 1 aliphatic heterocycles. The van der Waals surface area contributed by atoms with Crippen LogP contribution in [0.3, 0.4) is 0 Å². The molecule has 3 aromatic rings. The van der Waals surface area contributed by atoms with Gasteiger partial charge in [0.2, 0.25) is 0 Å². The average Bonchev–Trinajstić information content (AvgIpc) is 3.15. The number of fused-ring (bicyclic) bond motifs is 1. The lowest BCUT2D eigenvalue weighted by Gasteiger charge is -2.12. The van der Waals surface area contributed by atoms with Crippen LogP contribution in [-0.2, 0) is 4.79 Å². The van der Waals surface area contributed by atoms with Gasteiger partial charge in [-0.15, -0.1) is 0 Å². The number of aromatic nitrogens is 3. The minimum absolute atomic E-state index is 0.0594. The van der Waals surface area contributed by atoms with E-state index < -0.39 is 0 Å². The number of H-pyrrole nitrogens is 1.